The zero-order valence-corrected chi connectivity index (χ0v) is 11.5. The summed E-state index contributed by atoms with van der Waals surface area (Å²) in [4.78, 5) is 14.4. The quantitative estimate of drug-likeness (QED) is 0.697. The van der Waals surface area contributed by atoms with Crippen molar-refractivity contribution >= 4 is 5.91 Å². The minimum absolute atomic E-state index is 0.0433. The van der Waals surface area contributed by atoms with Gasteiger partial charge in [0.1, 0.15) is 0 Å². The fraction of sp³-hybridized carbons (Fsp3) is 0.929. The van der Waals surface area contributed by atoms with Crippen molar-refractivity contribution in [1.82, 2.24) is 4.90 Å². The largest absolute Gasteiger partial charge is 0.394 e. The molecule has 2 aliphatic rings. The second-order valence-corrected chi connectivity index (χ2v) is 5.89. The molecule has 0 aromatic heterocycles. The normalized spacial score (nSPS) is 29.4. The topological polar surface area (TPSA) is 49.8 Å². The smallest absolute Gasteiger partial charge is 0.226 e. The van der Waals surface area contributed by atoms with E-state index in [9.17, 15) is 4.79 Å². The number of hydrogen-bond acceptors (Lipinski definition) is 3. The molecule has 104 valence electrons. The first-order valence-corrected chi connectivity index (χ1v) is 7.12. The average Bonchev–Trinajstić information content (AvgIpc) is 2.95. The van der Waals surface area contributed by atoms with E-state index in [1.54, 1.807) is 0 Å². The average molecular weight is 255 g/mol. The number of hydrogen-bond donors (Lipinski definition) is 1. The maximum Gasteiger partial charge on any atom is 0.226 e. The molecule has 2 fully saturated rings. The Morgan fingerprint density at radius 2 is 1.94 bits per heavy atom. The van der Waals surface area contributed by atoms with Crippen molar-refractivity contribution in [3.63, 3.8) is 0 Å². The number of fused-ring (bicyclic) bond motifs is 1. The summed E-state index contributed by atoms with van der Waals surface area (Å²) in [5.41, 5.74) is 0. The van der Waals surface area contributed by atoms with Crippen LogP contribution < -0.4 is 0 Å². The summed E-state index contributed by atoms with van der Waals surface area (Å²) in [6, 6.07) is 0.229. The Balaban J connectivity index is 1.78. The molecule has 1 amide bonds. The Bertz CT molecular complexity index is 283. The van der Waals surface area contributed by atoms with E-state index in [-0.39, 0.29) is 18.6 Å². The zero-order valence-electron chi connectivity index (χ0n) is 11.5. The van der Waals surface area contributed by atoms with Crippen molar-refractivity contribution in [2.75, 3.05) is 26.4 Å². The first-order valence-electron chi connectivity index (χ1n) is 7.12. The Hall–Kier alpha value is -0.610. The van der Waals surface area contributed by atoms with E-state index in [4.69, 9.17) is 9.84 Å². The van der Waals surface area contributed by atoms with Crippen molar-refractivity contribution < 1.29 is 14.6 Å². The third-order valence-electron chi connectivity index (χ3n) is 4.21. The number of carbonyl (C=O) groups excluding carboxylic acids is 1. The van der Waals surface area contributed by atoms with Gasteiger partial charge in [-0.3, -0.25) is 4.79 Å². The first-order chi connectivity index (χ1) is 8.63. The van der Waals surface area contributed by atoms with Gasteiger partial charge in [-0.25, -0.2) is 0 Å². The highest BCUT2D eigenvalue weighted by atomic mass is 16.5. The number of aliphatic hydroxyl groups is 1. The number of ether oxygens (including phenoxy) is 1. The summed E-state index contributed by atoms with van der Waals surface area (Å²) in [5.74, 6) is 2.26. The number of nitrogens with zero attached hydrogens (tertiary/aromatic N) is 1. The summed E-state index contributed by atoms with van der Waals surface area (Å²) in [5, 5.41) is 8.65. The highest BCUT2D eigenvalue weighted by molar-refractivity contribution is 5.79. The zero-order chi connectivity index (χ0) is 13.1. The molecule has 4 nitrogen and oxygen atoms in total. The summed E-state index contributed by atoms with van der Waals surface area (Å²) in [6.45, 7) is 5.67. The molecule has 18 heavy (non-hydrogen) atoms. The number of aliphatic hydroxyl groups excluding tert-OH is 1. The van der Waals surface area contributed by atoms with Crippen LogP contribution in [0.1, 0.15) is 33.1 Å². The SMILES string of the molecule is CC(C)N(CCOCCO)C(=O)C1CC2CC2C1. The third kappa shape index (κ3) is 3.23. The molecule has 2 aliphatic carbocycles. The fourth-order valence-corrected chi connectivity index (χ4v) is 3.10. The predicted octanol–water partition coefficient (Wildman–Crippen LogP) is 1.28. The molecule has 2 saturated carbocycles. The molecule has 0 aliphatic heterocycles. The van der Waals surface area contributed by atoms with Gasteiger partial charge in [0, 0.05) is 18.5 Å². The van der Waals surface area contributed by atoms with E-state index in [1.807, 2.05) is 4.90 Å². The Morgan fingerprint density at radius 1 is 1.28 bits per heavy atom. The van der Waals surface area contributed by atoms with Crippen molar-refractivity contribution in [3.8, 4) is 0 Å². The van der Waals surface area contributed by atoms with Crippen LogP contribution >= 0.6 is 0 Å². The Labute approximate surface area is 109 Å². The van der Waals surface area contributed by atoms with Crippen LogP contribution in [0.25, 0.3) is 0 Å². The number of rotatable bonds is 7. The van der Waals surface area contributed by atoms with Gasteiger partial charge in [0.2, 0.25) is 5.91 Å². The lowest BCUT2D eigenvalue weighted by molar-refractivity contribution is -0.138. The van der Waals surface area contributed by atoms with Crippen LogP contribution in [0.2, 0.25) is 0 Å². The minimum Gasteiger partial charge on any atom is -0.394 e. The van der Waals surface area contributed by atoms with Crippen LogP contribution in [0.5, 0.6) is 0 Å². The maximum atomic E-state index is 12.4. The molecule has 2 unspecified atom stereocenters. The van der Waals surface area contributed by atoms with Gasteiger partial charge < -0.3 is 14.7 Å². The molecule has 0 saturated heterocycles. The Morgan fingerprint density at radius 3 is 2.50 bits per heavy atom. The van der Waals surface area contributed by atoms with Gasteiger partial charge in [0.15, 0.2) is 0 Å². The molecule has 0 aromatic carbocycles. The predicted molar refractivity (Wildman–Crippen MR) is 69.1 cm³/mol. The summed E-state index contributed by atoms with van der Waals surface area (Å²) >= 11 is 0. The van der Waals surface area contributed by atoms with Crippen LogP contribution in [0.15, 0.2) is 0 Å². The molecule has 0 spiro atoms. The second kappa shape index (κ2) is 6.02. The fourth-order valence-electron chi connectivity index (χ4n) is 3.10. The van der Waals surface area contributed by atoms with Crippen LogP contribution in [-0.2, 0) is 9.53 Å². The van der Waals surface area contributed by atoms with Crippen LogP contribution in [0, 0.1) is 17.8 Å². The van der Waals surface area contributed by atoms with Gasteiger partial charge in [-0.15, -0.1) is 0 Å². The summed E-state index contributed by atoms with van der Waals surface area (Å²) in [7, 11) is 0. The molecule has 0 aromatic rings. The van der Waals surface area contributed by atoms with E-state index in [2.05, 4.69) is 13.8 Å². The van der Waals surface area contributed by atoms with Crippen LogP contribution in [-0.4, -0.2) is 48.3 Å². The molecule has 2 atom stereocenters. The standard InChI is InChI=1S/C14H25NO3/c1-10(2)15(3-5-18-6-4-16)14(17)13-8-11-7-12(11)9-13/h10-13,16H,3-9H2,1-2H3. The summed E-state index contributed by atoms with van der Waals surface area (Å²) < 4.78 is 5.26. The highest BCUT2D eigenvalue weighted by Crippen LogP contribution is 2.54. The summed E-state index contributed by atoms with van der Waals surface area (Å²) in [6.07, 6.45) is 3.56. The molecule has 0 radical (unpaired) electrons. The molecule has 0 bridgehead atoms. The van der Waals surface area contributed by atoms with Crippen LogP contribution in [0.4, 0.5) is 0 Å². The van der Waals surface area contributed by atoms with Crippen molar-refractivity contribution in [2.45, 2.75) is 39.2 Å². The van der Waals surface area contributed by atoms with Gasteiger partial charge in [-0.05, 0) is 44.9 Å². The van der Waals surface area contributed by atoms with E-state index in [0.29, 0.717) is 25.7 Å². The van der Waals surface area contributed by atoms with Gasteiger partial charge in [0.05, 0.1) is 19.8 Å². The Kier molecular flexibility index (Phi) is 4.62. The van der Waals surface area contributed by atoms with Crippen LogP contribution in [0.3, 0.4) is 0 Å². The molecule has 4 heteroatoms. The van der Waals surface area contributed by atoms with E-state index in [0.717, 1.165) is 24.7 Å². The lowest BCUT2D eigenvalue weighted by Gasteiger charge is -2.29. The van der Waals surface area contributed by atoms with Gasteiger partial charge >= 0.3 is 0 Å². The molecule has 2 rings (SSSR count). The molecular formula is C14H25NO3. The minimum atomic E-state index is 0.0433. The monoisotopic (exact) mass is 255 g/mol. The van der Waals surface area contributed by atoms with E-state index < -0.39 is 0 Å². The molecule has 1 N–H and O–H groups in total. The third-order valence-corrected chi connectivity index (χ3v) is 4.21. The van der Waals surface area contributed by atoms with Crippen molar-refractivity contribution in [3.05, 3.63) is 0 Å². The number of amides is 1. The second-order valence-electron chi connectivity index (χ2n) is 5.89. The maximum absolute atomic E-state index is 12.4. The van der Waals surface area contributed by atoms with E-state index in [1.165, 1.54) is 6.42 Å². The first kappa shape index (κ1) is 13.8. The lowest BCUT2D eigenvalue weighted by Crippen LogP contribution is -2.42. The van der Waals surface area contributed by atoms with Gasteiger partial charge in [-0.2, -0.15) is 0 Å². The highest BCUT2D eigenvalue weighted by Gasteiger charge is 2.48. The van der Waals surface area contributed by atoms with Crippen molar-refractivity contribution in [1.29, 1.82) is 0 Å². The van der Waals surface area contributed by atoms with E-state index >= 15 is 0 Å². The van der Waals surface area contributed by atoms with Gasteiger partial charge in [0.25, 0.3) is 0 Å². The molecule has 0 heterocycles. The molecular weight excluding hydrogens is 230 g/mol. The van der Waals surface area contributed by atoms with Crippen molar-refractivity contribution in [2.24, 2.45) is 17.8 Å². The number of carbonyl (C=O) groups is 1. The lowest BCUT2D eigenvalue weighted by atomic mass is 10.0. The van der Waals surface area contributed by atoms with Gasteiger partial charge in [-0.1, -0.05) is 0 Å².